The molecule has 0 aliphatic carbocycles. The predicted molar refractivity (Wildman–Crippen MR) is 143 cm³/mol. The van der Waals surface area contributed by atoms with Crippen LogP contribution in [0.5, 0.6) is 11.5 Å². The second-order valence-corrected chi connectivity index (χ2v) is 9.70. The van der Waals surface area contributed by atoms with Crippen molar-refractivity contribution in [1.29, 1.82) is 0 Å². The molecule has 3 heterocycles. The van der Waals surface area contributed by atoms with Gasteiger partial charge in [-0.05, 0) is 44.9 Å². The van der Waals surface area contributed by atoms with Crippen molar-refractivity contribution in [3.63, 3.8) is 0 Å². The third-order valence-corrected chi connectivity index (χ3v) is 5.59. The Morgan fingerprint density at radius 2 is 1.97 bits per heavy atom. The van der Waals surface area contributed by atoms with E-state index >= 15 is 0 Å². The molecule has 1 amide bonds. The second-order valence-electron chi connectivity index (χ2n) is 9.70. The lowest BCUT2D eigenvalue weighted by Gasteiger charge is -2.33. The van der Waals surface area contributed by atoms with Gasteiger partial charge in [-0.15, -0.1) is 10.2 Å². The van der Waals surface area contributed by atoms with Crippen molar-refractivity contribution in [2.75, 3.05) is 30.3 Å². The molecule has 1 fully saturated rings. The molecule has 1 saturated heterocycles. The van der Waals surface area contributed by atoms with E-state index in [0.29, 0.717) is 22.8 Å². The molecule has 0 radical (unpaired) electrons. The van der Waals surface area contributed by atoms with Gasteiger partial charge in [-0.1, -0.05) is 18.1 Å². The maximum atomic E-state index is 11.7. The number of nitrogens with zero attached hydrogens (tertiary/aromatic N) is 5. The molecule has 11 nitrogen and oxygen atoms in total. The molecule has 0 spiro atoms. The summed E-state index contributed by atoms with van der Waals surface area (Å²) in [4.78, 5) is 22.6. The molecule has 0 atom stereocenters. The van der Waals surface area contributed by atoms with Gasteiger partial charge in [0.15, 0.2) is 11.6 Å². The number of phenols is 1. The topological polar surface area (TPSA) is 149 Å². The number of nitrogens with two attached hydrogens (primary N) is 1. The third kappa shape index (κ3) is 7.22. The summed E-state index contributed by atoms with van der Waals surface area (Å²) >= 11 is 0. The Bertz CT molecular complexity index is 1340. The number of phenolic OH excluding ortho intramolecular Hbond substituents is 1. The molecule has 3 aromatic rings. The summed E-state index contributed by atoms with van der Waals surface area (Å²) in [6.45, 7) is 6.97. The summed E-state index contributed by atoms with van der Waals surface area (Å²) in [7, 11) is 0. The van der Waals surface area contributed by atoms with Gasteiger partial charge in [-0.25, -0.2) is 14.8 Å². The molecule has 4 N–H and O–H groups in total. The normalized spacial score (nSPS) is 13.8. The first-order valence-electron chi connectivity index (χ1n) is 12.3. The van der Waals surface area contributed by atoms with Crippen LogP contribution in [0.4, 0.5) is 16.4 Å². The monoisotopic (exact) mass is 517 g/mol. The first kappa shape index (κ1) is 26.5. The van der Waals surface area contributed by atoms with E-state index in [1.54, 1.807) is 51.2 Å². The van der Waals surface area contributed by atoms with Crippen LogP contribution in [0.15, 0.2) is 42.6 Å². The summed E-state index contributed by atoms with van der Waals surface area (Å²) < 4.78 is 11.4. The maximum Gasteiger partial charge on any atom is 0.408 e. The number of rotatable bonds is 5. The van der Waals surface area contributed by atoms with Crippen molar-refractivity contribution < 1.29 is 19.4 Å². The zero-order valence-electron chi connectivity index (χ0n) is 21.6. The van der Waals surface area contributed by atoms with E-state index < -0.39 is 11.7 Å². The van der Waals surface area contributed by atoms with Crippen LogP contribution in [-0.4, -0.2) is 62.7 Å². The van der Waals surface area contributed by atoms with E-state index in [1.807, 2.05) is 12.1 Å². The number of carbonyl (C=O) groups excluding carboxylic acids is 1. The number of benzene rings is 1. The minimum absolute atomic E-state index is 0.0602. The Morgan fingerprint density at radius 1 is 1.21 bits per heavy atom. The summed E-state index contributed by atoms with van der Waals surface area (Å²) in [6, 6.07) is 10.5. The molecular weight excluding hydrogens is 486 g/mol. The first-order valence-corrected chi connectivity index (χ1v) is 12.3. The Hall–Kier alpha value is -4.59. The van der Waals surface area contributed by atoms with Crippen molar-refractivity contribution in [3.05, 3.63) is 48.4 Å². The molecular formula is C27H31N7O4. The molecule has 1 aliphatic rings. The van der Waals surface area contributed by atoms with Gasteiger partial charge in [-0.3, -0.25) is 0 Å². The van der Waals surface area contributed by atoms with E-state index in [4.69, 9.17) is 15.2 Å². The number of aromatic hydroxyl groups is 1. The van der Waals surface area contributed by atoms with Crippen molar-refractivity contribution in [1.82, 2.24) is 25.5 Å². The van der Waals surface area contributed by atoms with Gasteiger partial charge in [0.25, 0.3) is 0 Å². The van der Waals surface area contributed by atoms with E-state index in [2.05, 4.69) is 42.2 Å². The molecule has 0 bridgehead atoms. The number of aromatic nitrogens is 4. The zero-order valence-corrected chi connectivity index (χ0v) is 21.6. The molecule has 0 unspecified atom stereocenters. The fourth-order valence-electron chi connectivity index (χ4n) is 3.82. The molecule has 38 heavy (non-hydrogen) atoms. The third-order valence-electron chi connectivity index (χ3n) is 5.59. The number of alkyl carbamates (subject to hydrolysis) is 1. The number of anilines is 2. The molecule has 1 aromatic carbocycles. The van der Waals surface area contributed by atoms with E-state index in [1.165, 1.54) is 0 Å². The smallest absolute Gasteiger partial charge is 0.408 e. The molecule has 2 aromatic heterocycles. The highest BCUT2D eigenvalue weighted by molar-refractivity contribution is 5.69. The number of carbonyl (C=O) groups is 1. The average Bonchev–Trinajstić information content (AvgIpc) is 2.88. The summed E-state index contributed by atoms with van der Waals surface area (Å²) in [5.41, 5.74) is 6.50. The van der Waals surface area contributed by atoms with Crippen LogP contribution in [0.25, 0.3) is 11.3 Å². The predicted octanol–water partition coefficient (Wildman–Crippen LogP) is 3.15. The van der Waals surface area contributed by atoms with Crippen LogP contribution in [0.1, 0.15) is 39.4 Å². The number of hydrogen-bond donors (Lipinski definition) is 3. The highest BCUT2D eigenvalue weighted by Gasteiger charge is 2.23. The lowest BCUT2D eigenvalue weighted by Crippen LogP contribution is -2.39. The van der Waals surface area contributed by atoms with Crippen LogP contribution in [0.2, 0.25) is 0 Å². The first-order chi connectivity index (χ1) is 18.2. The van der Waals surface area contributed by atoms with Crippen LogP contribution in [0, 0.1) is 11.8 Å². The Balaban J connectivity index is 1.32. The number of amides is 1. The van der Waals surface area contributed by atoms with Crippen LogP contribution in [0.3, 0.4) is 0 Å². The second kappa shape index (κ2) is 11.6. The van der Waals surface area contributed by atoms with Gasteiger partial charge >= 0.3 is 6.09 Å². The van der Waals surface area contributed by atoms with Crippen molar-refractivity contribution >= 4 is 17.7 Å². The molecule has 1 aliphatic heterocycles. The molecule has 0 saturated carbocycles. The summed E-state index contributed by atoms with van der Waals surface area (Å²) in [5, 5.41) is 20.8. The number of piperidine rings is 1. The molecule has 11 heteroatoms. The van der Waals surface area contributed by atoms with Gasteiger partial charge in [0.1, 0.15) is 29.0 Å². The van der Waals surface area contributed by atoms with Crippen LogP contribution in [-0.2, 0) is 4.74 Å². The van der Waals surface area contributed by atoms with Crippen molar-refractivity contribution in [2.45, 2.75) is 45.3 Å². The Morgan fingerprint density at radius 3 is 2.71 bits per heavy atom. The van der Waals surface area contributed by atoms with Gasteiger partial charge in [0.2, 0.25) is 5.82 Å². The largest absolute Gasteiger partial charge is 0.507 e. The number of hydrogen-bond acceptors (Lipinski definition) is 10. The average molecular weight is 518 g/mol. The van der Waals surface area contributed by atoms with E-state index in [0.717, 1.165) is 31.7 Å². The minimum Gasteiger partial charge on any atom is -0.507 e. The van der Waals surface area contributed by atoms with Crippen LogP contribution >= 0.6 is 0 Å². The van der Waals surface area contributed by atoms with Gasteiger partial charge < -0.3 is 30.5 Å². The van der Waals surface area contributed by atoms with Gasteiger partial charge in [0.05, 0.1) is 6.54 Å². The number of nitrogens with one attached hydrogen (secondary N) is 1. The lowest BCUT2D eigenvalue weighted by molar-refractivity contribution is 0.0535. The van der Waals surface area contributed by atoms with Crippen LogP contribution < -0.4 is 20.7 Å². The lowest BCUT2D eigenvalue weighted by atomic mass is 10.1. The number of nitrogen functional groups attached to an aromatic ring is 1. The quantitative estimate of drug-likeness (QED) is 0.431. The van der Waals surface area contributed by atoms with E-state index in [9.17, 15) is 9.90 Å². The highest BCUT2D eigenvalue weighted by Crippen LogP contribution is 2.32. The standard InChI is InChI=1S/C27H31N7O4/c1-27(2,3)38-26(36)30-13-6-9-23-29-14-10-24(31-23)34-15-11-18(12-16-34)37-22-17-20(32-33-25(22)28)19-7-4-5-8-21(19)35/h4-5,7-8,10,14,17-18,35H,11-13,15-16H2,1-3H3,(H2,28,33)(H,30,36). The summed E-state index contributed by atoms with van der Waals surface area (Å²) in [6.07, 6.45) is 2.58. The fraction of sp³-hybridized carbons (Fsp3) is 0.370. The Kier molecular flexibility index (Phi) is 8.11. The summed E-state index contributed by atoms with van der Waals surface area (Å²) in [5.74, 6) is 7.62. The van der Waals surface area contributed by atoms with Crippen molar-refractivity contribution in [2.24, 2.45) is 0 Å². The SMILES string of the molecule is CC(C)(C)OC(=O)NCC#Cc1nccc(N2CCC(Oc3cc(-c4ccccc4O)nnc3N)CC2)n1. The van der Waals surface area contributed by atoms with Gasteiger partial charge in [-0.2, -0.15) is 0 Å². The highest BCUT2D eigenvalue weighted by atomic mass is 16.6. The Labute approximate surface area is 221 Å². The van der Waals surface area contributed by atoms with Gasteiger partial charge in [0, 0.05) is 43.8 Å². The zero-order chi connectivity index (χ0) is 27.1. The van der Waals surface area contributed by atoms with Crippen molar-refractivity contribution in [3.8, 4) is 34.6 Å². The molecule has 198 valence electrons. The maximum absolute atomic E-state index is 11.7. The molecule has 4 rings (SSSR count). The number of para-hydroxylation sites is 1. The fourth-order valence-corrected chi connectivity index (χ4v) is 3.82. The minimum atomic E-state index is -0.565. The number of ether oxygens (including phenoxy) is 2. The van der Waals surface area contributed by atoms with E-state index in [-0.39, 0.29) is 24.2 Å².